The average Bonchev–Trinajstić information content (AvgIpc) is 2.35. The van der Waals surface area contributed by atoms with Gasteiger partial charge in [0.05, 0.1) is 10.6 Å². The standard InChI is InChI=1S/C15H14F3NO3S/c1-10-3-5-14(6-4-10)23(20,21)19-12-7-11(2)8-13(9-12)22-15(16,17)18/h3-9,19H,1-2H3. The molecule has 0 bridgehead atoms. The molecule has 0 aliphatic rings. The highest BCUT2D eigenvalue weighted by molar-refractivity contribution is 7.92. The van der Waals surface area contributed by atoms with Crippen molar-refractivity contribution in [1.29, 1.82) is 0 Å². The molecule has 2 aromatic carbocycles. The molecule has 0 aliphatic carbocycles. The minimum atomic E-state index is -4.85. The number of ether oxygens (including phenoxy) is 1. The van der Waals surface area contributed by atoms with E-state index in [1.807, 2.05) is 6.92 Å². The summed E-state index contributed by atoms with van der Waals surface area (Å²) in [7, 11) is -3.89. The summed E-state index contributed by atoms with van der Waals surface area (Å²) < 4.78 is 67.4. The number of sulfonamides is 1. The Kier molecular flexibility index (Phi) is 4.56. The third-order valence-electron chi connectivity index (χ3n) is 2.87. The minimum absolute atomic E-state index is 0.00942. The van der Waals surface area contributed by atoms with Crippen molar-refractivity contribution in [3.05, 3.63) is 53.6 Å². The van der Waals surface area contributed by atoms with Crippen LogP contribution in [0.25, 0.3) is 0 Å². The van der Waals surface area contributed by atoms with E-state index in [1.165, 1.54) is 25.1 Å². The van der Waals surface area contributed by atoms with Gasteiger partial charge in [-0.3, -0.25) is 4.72 Å². The SMILES string of the molecule is Cc1ccc(S(=O)(=O)Nc2cc(C)cc(OC(F)(F)F)c2)cc1. The van der Waals surface area contributed by atoms with Crippen LogP contribution in [0.5, 0.6) is 5.75 Å². The molecule has 23 heavy (non-hydrogen) atoms. The molecule has 8 heteroatoms. The normalized spacial score (nSPS) is 12.0. The highest BCUT2D eigenvalue weighted by atomic mass is 32.2. The van der Waals surface area contributed by atoms with Gasteiger partial charge < -0.3 is 4.74 Å². The van der Waals surface area contributed by atoms with Gasteiger partial charge in [0, 0.05) is 6.07 Å². The Labute approximate surface area is 132 Å². The number of rotatable bonds is 4. The van der Waals surface area contributed by atoms with Crippen LogP contribution in [-0.2, 0) is 10.0 Å². The molecule has 0 aromatic heterocycles. The third-order valence-corrected chi connectivity index (χ3v) is 4.27. The number of benzene rings is 2. The van der Waals surface area contributed by atoms with Gasteiger partial charge in [0.2, 0.25) is 0 Å². The van der Waals surface area contributed by atoms with E-state index < -0.39 is 22.1 Å². The van der Waals surface area contributed by atoms with E-state index in [2.05, 4.69) is 9.46 Å². The first kappa shape index (κ1) is 17.1. The fraction of sp³-hybridized carbons (Fsp3) is 0.200. The summed E-state index contributed by atoms with van der Waals surface area (Å²) in [5.41, 5.74) is 1.30. The van der Waals surface area contributed by atoms with Crippen LogP contribution in [0.15, 0.2) is 47.4 Å². The highest BCUT2D eigenvalue weighted by Crippen LogP contribution is 2.28. The van der Waals surface area contributed by atoms with Crippen molar-refractivity contribution >= 4 is 15.7 Å². The Balaban J connectivity index is 2.30. The molecule has 0 aliphatic heterocycles. The van der Waals surface area contributed by atoms with E-state index >= 15 is 0 Å². The Bertz CT molecular complexity index is 800. The highest BCUT2D eigenvalue weighted by Gasteiger charge is 2.31. The molecule has 124 valence electrons. The van der Waals surface area contributed by atoms with Gasteiger partial charge in [0.25, 0.3) is 10.0 Å². The molecule has 0 amide bonds. The van der Waals surface area contributed by atoms with Gasteiger partial charge in [-0.05, 0) is 43.7 Å². The van der Waals surface area contributed by atoms with Crippen LogP contribution in [0.1, 0.15) is 11.1 Å². The van der Waals surface area contributed by atoms with Crippen molar-refractivity contribution in [3.63, 3.8) is 0 Å². The first-order valence-corrected chi connectivity index (χ1v) is 8.00. The molecule has 0 heterocycles. The monoisotopic (exact) mass is 345 g/mol. The number of hydrogen-bond donors (Lipinski definition) is 1. The van der Waals surface area contributed by atoms with Gasteiger partial charge in [0.1, 0.15) is 5.75 Å². The minimum Gasteiger partial charge on any atom is -0.406 e. The molecule has 2 aromatic rings. The van der Waals surface area contributed by atoms with E-state index in [-0.39, 0.29) is 10.6 Å². The molecule has 0 radical (unpaired) electrons. The lowest BCUT2D eigenvalue weighted by atomic mass is 10.2. The van der Waals surface area contributed by atoms with Gasteiger partial charge >= 0.3 is 6.36 Å². The Hall–Kier alpha value is -2.22. The van der Waals surface area contributed by atoms with E-state index in [9.17, 15) is 21.6 Å². The van der Waals surface area contributed by atoms with Crippen molar-refractivity contribution in [1.82, 2.24) is 0 Å². The molecule has 0 spiro atoms. The summed E-state index contributed by atoms with van der Waals surface area (Å²) in [5.74, 6) is -0.487. The molecule has 1 N–H and O–H groups in total. The Morgan fingerprint density at radius 1 is 0.957 bits per heavy atom. The fourth-order valence-corrected chi connectivity index (χ4v) is 2.97. The van der Waals surface area contributed by atoms with Crippen molar-refractivity contribution in [2.45, 2.75) is 25.1 Å². The van der Waals surface area contributed by atoms with Crippen LogP contribution in [0.4, 0.5) is 18.9 Å². The lowest BCUT2D eigenvalue weighted by molar-refractivity contribution is -0.274. The summed E-state index contributed by atoms with van der Waals surface area (Å²) in [6, 6.07) is 9.64. The zero-order chi connectivity index (χ0) is 17.3. The zero-order valence-electron chi connectivity index (χ0n) is 12.3. The lowest BCUT2D eigenvalue weighted by Gasteiger charge is -2.13. The summed E-state index contributed by atoms with van der Waals surface area (Å²) in [4.78, 5) is 0.0166. The number of nitrogens with one attached hydrogen (secondary N) is 1. The number of alkyl halides is 3. The first-order valence-electron chi connectivity index (χ1n) is 6.52. The second kappa shape index (κ2) is 6.11. The maximum absolute atomic E-state index is 12.3. The summed E-state index contributed by atoms with van der Waals surface area (Å²) in [5, 5.41) is 0. The molecule has 2 rings (SSSR count). The van der Waals surface area contributed by atoms with Crippen LogP contribution in [0.3, 0.4) is 0 Å². The summed E-state index contributed by atoms with van der Waals surface area (Å²) in [6.07, 6.45) is -4.85. The smallest absolute Gasteiger partial charge is 0.406 e. The van der Waals surface area contributed by atoms with Crippen LogP contribution in [-0.4, -0.2) is 14.8 Å². The summed E-state index contributed by atoms with van der Waals surface area (Å²) in [6.45, 7) is 3.35. The molecule has 0 saturated carbocycles. The van der Waals surface area contributed by atoms with Crippen molar-refractivity contribution < 1.29 is 26.3 Å². The van der Waals surface area contributed by atoms with Crippen molar-refractivity contribution in [2.75, 3.05) is 4.72 Å². The largest absolute Gasteiger partial charge is 0.573 e. The summed E-state index contributed by atoms with van der Waals surface area (Å²) >= 11 is 0. The third kappa shape index (κ3) is 4.88. The number of aryl methyl sites for hydroxylation is 2. The predicted octanol–water partition coefficient (Wildman–Crippen LogP) is 4.00. The average molecular weight is 345 g/mol. The first-order chi connectivity index (χ1) is 10.5. The molecule has 0 unspecified atom stereocenters. The Morgan fingerprint density at radius 3 is 2.13 bits per heavy atom. The number of anilines is 1. The predicted molar refractivity (Wildman–Crippen MR) is 79.8 cm³/mol. The molecular weight excluding hydrogens is 331 g/mol. The molecule has 4 nitrogen and oxygen atoms in total. The number of halogens is 3. The second-order valence-corrected chi connectivity index (χ2v) is 6.68. The van der Waals surface area contributed by atoms with E-state index in [0.29, 0.717) is 5.56 Å². The van der Waals surface area contributed by atoms with E-state index in [1.54, 1.807) is 12.1 Å². The van der Waals surface area contributed by atoms with Crippen molar-refractivity contribution in [2.24, 2.45) is 0 Å². The molecule has 0 fully saturated rings. The van der Waals surface area contributed by atoms with Crippen LogP contribution >= 0.6 is 0 Å². The molecule has 0 saturated heterocycles. The second-order valence-electron chi connectivity index (χ2n) is 5.00. The van der Waals surface area contributed by atoms with Gasteiger partial charge in [-0.2, -0.15) is 0 Å². The topological polar surface area (TPSA) is 55.4 Å². The maximum Gasteiger partial charge on any atom is 0.573 e. The van der Waals surface area contributed by atoms with Crippen LogP contribution in [0.2, 0.25) is 0 Å². The van der Waals surface area contributed by atoms with Gasteiger partial charge in [0.15, 0.2) is 0 Å². The van der Waals surface area contributed by atoms with E-state index in [4.69, 9.17) is 0 Å². The van der Waals surface area contributed by atoms with Crippen LogP contribution in [0, 0.1) is 13.8 Å². The van der Waals surface area contributed by atoms with Gasteiger partial charge in [-0.25, -0.2) is 8.42 Å². The maximum atomic E-state index is 12.3. The van der Waals surface area contributed by atoms with Gasteiger partial charge in [-0.15, -0.1) is 13.2 Å². The zero-order valence-corrected chi connectivity index (χ0v) is 13.1. The quantitative estimate of drug-likeness (QED) is 0.911. The van der Waals surface area contributed by atoms with Crippen molar-refractivity contribution in [3.8, 4) is 5.75 Å². The number of hydrogen-bond acceptors (Lipinski definition) is 3. The van der Waals surface area contributed by atoms with Gasteiger partial charge in [-0.1, -0.05) is 17.7 Å². The lowest BCUT2D eigenvalue weighted by Crippen LogP contribution is -2.18. The Morgan fingerprint density at radius 2 is 1.57 bits per heavy atom. The molecular formula is C15H14F3NO3S. The molecule has 0 atom stereocenters. The fourth-order valence-electron chi connectivity index (χ4n) is 1.93. The van der Waals surface area contributed by atoms with E-state index in [0.717, 1.165) is 17.7 Å². The van der Waals surface area contributed by atoms with Crippen LogP contribution < -0.4 is 9.46 Å².